The van der Waals surface area contributed by atoms with Gasteiger partial charge in [-0.15, -0.1) is 0 Å². The van der Waals surface area contributed by atoms with Crippen molar-refractivity contribution in [3.8, 4) is 0 Å². The number of fused-ring (bicyclic) bond motifs is 2. The Morgan fingerprint density at radius 1 is 1.44 bits per heavy atom. The lowest BCUT2D eigenvalue weighted by molar-refractivity contribution is -0.132. The number of aromatic nitrogens is 1. The van der Waals surface area contributed by atoms with E-state index < -0.39 is 5.97 Å². The summed E-state index contributed by atoms with van der Waals surface area (Å²) in [5.41, 5.74) is 2.12. The molecule has 0 saturated carbocycles. The number of hydrogen-bond donors (Lipinski definition) is 1. The molecule has 78 valence electrons. The molecule has 0 spiro atoms. The van der Waals surface area contributed by atoms with Crippen molar-refractivity contribution in [3.63, 3.8) is 0 Å². The van der Waals surface area contributed by atoms with Crippen LogP contribution < -0.4 is 10.6 Å². The van der Waals surface area contributed by atoms with E-state index in [9.17, 15) is 4.79 Å². The second-order valence-corrected chi connectivity index (χ2v) is 3.69. The Morgan fingerprint density at radius 3 is 3.12 bits per heavy atom. The van der Waals surface area contributed by atoms with E-state index in [2.05, 4.69) is 9.98 Å². The number of carboxylic acids is 1. The quantitative estimate of drug-likeness (QED) is 0.721. The van der Waals surface area contributed by atoms with Crippen LogP contribution in [0.15, 0.2) is 46.9 Å². The van der Waals surface area contributed by atoms with Crippen molar-refractivity contribution >= 4 is 11.5 Å². The van der Waals surface area contributed by atoms with Gasteiger partial charge < -0.3 is 5.11 Å². The van der Waals surface area contributed by atoms with Gasteiger partial charge in [-0.3, -0.25) is 4.98 Å². The van der Waals surface area contributed by atoms with Crippen LogP contribution in [0, 0.1) is 0 Å². The zero-order valence-electron chi connectivity index (χ0n) is 8.34. The molecule has 2 aliphatic rings. The number of aliphatic carboxylic acids is 1. The van der Waals surface area contributed by atoms with Crippen LogP contribution in [0.1, 0.15) is 6.42 Å². The smallest absolute Gasteiger partial charge is 0.331 e. The number of rotatable bonds is 1. The number of pyridine rings is 1. The van der Waals surface area contributed by atoms with Crippen molar-refractivity contribution in [2.24, 2.45) is 4.99 Å². The van der Waals surface area contributed by atoms with Crippen molar-refractivity contribution in [1.29, 1.82) is 0 Å². The van der Waals surface area contributed by atoms with Crippen LogP contribution in [0.3, 0.4) is 0 Å². The Labute approximate surface area is 91.0 Å². The zero-order valence-corrected chi connectivity index (χ0v) is 8.34. The SMILES string of the molecule is O=C(O)C1=CC2=c3cnccc3=NC2=CC1. The first-order valence-electron chi connectivity index (χ1n) is 4.93. The van der Waals surface area contributed by atoms with Gasteiger partial charge in [0, 0.05) is 28.8 Å². The predicted molar refractivity (Wildman–Crippen MR) is 56.8 cm³/mol. The van der Waals surface area contributed by atoms with Crippen molar-refractivity contribution in [1.82, 2.24) is 4.98 Å². The highest BCUT2D eigenvalue weighted by atomic mass is 16.4. The molecule has 4 heteroatoms. The summed E-state index contributed by atoms with van der Waals surface area (Å²) in [6, 6.07) is 1.83. The molecule has 0 radical (unpaired) electrons. The van der Waals surface area contributed by atoms with Crippen LogP contribution in [-0.2, 0) is 4.79 Å². The molecule has 0 unspecified atom stereocenters. The van der Waals surface area contributed by atoms with Crippen molar-refractivity contribution in [3.05, 3.63) is 52.5 Å². The Morgan fingerprint density at radius 2 is 2.31 bits per heavy atom. The first-order chi connectivity index (χ1) is 7.75. The first kappa shape index (κ1) is 9.03. The average molecular weight is 212 g/mol. The molecular weight excluding hydrogens is 204 g/mol. The number of nitrogens with zero attached hydrogens (tertiary/aromatic N) is 2. The maximum absolute atomic E-state index is 10.9. The van der Waals surface area contributed by atoms with Gasteiger partial charge in [0.15, 0.2) is 0 Å². The molecule has 2 heterocycles. The number of allylic oxidation sites excluding steroid dienone is 2. The molecule has 1 aromatic rings. The molecule has 0 saturated heterocycles. The standard InChI is InChI=1S/C12H8N2O2/c15-12(16)7-1-2-10-8(5-7)9-6-13-4-3-11(9)14-10/h2-6H,1H2,(H,15,16). The molecule has 0 bridgehead atoms. The van der Waals surface area contributed by atoms with E-state index in [1.807, 2.05) is 12.1 Å². The molecule has 1 aliphatic heterocycles. The van der Waals surface area contributed by atoms with Crippen LogP contribution in [0.4, 0.5) is 0 Å². The molecule has 1 aromatic heterocycles. The molecule has 1 N–H and O–H groups in total. The van der Waals surface area contributed by atoms with Gasteiger partial charge in [-0.1, -0.05) is 6.08 Å². The highest BCUT2D eigenvalue weighted by Crippen LogP contribution is 2.24. The van der Waals surface area contributed by atoms with E-state index in [1.165, 1.54) is 0 Å². The minimum absolute atomic E-state index is 0.394. The lowest BCUT2D eigenvalue weighted by atomic mass is 9.99. The minimum atomic E-state index is -0.875. The van der Waals surface area contributed by atoms with Gasteiger partial charge in [-0.25, -0.2) is 9.79 Å². The van der Waals surface area contributed by atoms with Gasteiger partial charge >= 0.3 is 5.97 Å². The van der Waals surface area contributed by atoms with E-state index in [1.54, 1.807) is 18.5 Å². The highest BCUT2D eigenvalue weighted by Gasteiger charge is 2.18. The molecule has 0 fully saturated rings. The maximum atomic E-state index is 10.9. The molecule has 16 heavy (non-hydrogen) atoms. The lowest BCUT2D eigenvalue weighted by Gasteiger charge is -2.07. The summed E-state index contributed by atoms with van der Waals surface area (Å²) in [6.07, 6.45) is 7.37. The Balaban J connectivity index is 2.31. The number of carbonyl (C=O) groups is 1. The molecule has 3 rings (SSSR count). The van der Waals surface area contributed by atoms with Gasteiger partial charge in [0.25, 0.3) is 0 Å². The third-order valence-corrected chi connectivity index (χ3v) is 2.71. The van der Waals surface area contributed by atoms with Crippen molar-refractivity contribution < 1.29 is 9.90 Å². The monoisotopic (exact) mass is 212 g/mol. The summed E-state index contributed by atoms with van der Waals surface area (Å²) in [4.78, 5) is 19.3. The van der Waals surface area contributed by atoms with E-state index in [-0.39, 0.29) is 0 Å². The van der Waals surface area contributed by atoms with E-state index in [4.69, 9.17) is 5.11 Å². The normalized spacial score (nSPS) is 16.9. The summed E-state index contributed by atoms with van der Waals surface area (Å²) >= 11 is 0. The minimum Gasteiger partial charge on any atom is -0.478 e. The Kier molecular flexibility index (Phi) is 1.77. The van der Waals surface area contributed by atoms with Crippen molar-refractivity contribution in [2.45, 2.75) is 6.42 Å². The topological polar surface area (TPSA) is 62.5 Å². The summed E-state index contributed by atoms with van der Waals surface area (Å²) in [7, 11) is 0. The average Bonchev–Trinajstić information content (AvgIpc) is 2.66. The molecule has 0 aromatic carbocycles. The maximum Gasteiger partial charge on any atom is 0.331 e. The molecule has 0 atom stereocenters. The van der Waals surface area contributed by atoms with E-state index in [0.717, 1.165) is 21.8 Å². The van der Waals surface area contributed by atoms with Gasteiger partial charge in [0.2, 0.25) is 0 Å². The van der Waals surface area contributed by atoms with Crippen LogP contribution in [0.5, 0.6) is 0 Å². The molecule has 4 nitrogen and oxygen atoms in total. The fourth-order valence-corrected chi connectivity index (χ4v) is 1.92. The Hall–Kier alpha value is -2.23. The van der Waals surface area contributed by atoms with Gasteiger partial charge in [0.05, 0.1) is 11.1 Å². The fourth-order valence-electron chi connectivity index (χ4n) is 1.92. The second-order valence-electron chi connectivity index (χ2n) is 3.69. The van der Waals surface area contributed by atoms with Crippen LogP contribution in [0.2, 0.25) is 0 Å². The van der Waals surface area contributed by atoms with E-state index >= 15 is 0 Å². The summed E-state index contributed by atoms with van der Waals surface area (Å²) in [5, 5.41) is 10.7. The van der Waals surface area contributed by atoms with Crippen LogP contribution in [-0.4, -0.2) is 16.1 Å². The largest absolute Gasteiger partial charge is 0.478 e. The third kappa shape index (κ3) is 1.20. The van der Waals surface area contributed by atoms with Crippen molar-refractivity contribution in [2.75, 3.05) is 0 Å². The summed E-state index contributed by atoms with van der Waals surface area (Å²) in [6.45, 7) is 0. The lowest BCUT2D eigenvalue weighted by Crippen LogP contribution is -2.23. The van der Waals surface area contributed by atoms with Gasteiger partial charge in [0.1, 0.15) is 0 Å². The summed E-state index contributed by atoms with van der Waals surface area (Å²) in [5.74, 6) is -0.875. The second kappa shape index (κ2) is 3.13. The Bertz CT molecular complexity index is 669. The zero-order chi connectivity index (χ0) is 11.1. The first-order valence-corrected chi connectivity index (χ1v) is 4.93. The van der Waals surface area contributed by atoms with E-state index in [0.29, 0.717) is 12.0 Å². The molecule has 1 aliphatic carbocycles. The third-order valence-electron chi connectivity index (χ3n) is 2.71. The fraction of sp³-hybridized carbons (Fsp3) is 0.0833. The molecular formula is C12H8N2O2. The van der Waals surface area contributed by atoms with Crippen LogP contribution >= 0.6 is 0 Å². The highest BCUT2D eigenvalue weighted by molar-refractivity contribution is 5.93. The number of hydrogen-bond acceptors (Lipinski definition) is 3. The summed E-state index contributed by atoms with van der Waals surface area (Å²) < 4.78 is 0. The van der Waals surface area contributed by atoms with Gasteiger partial charge in [-0.05, 0) is 18.6 Å². The van der Waals surface area contributed by atoms with Gasteiger partial charge in [-0.2, -0.15) is 0 Å². The predicted octanol–water partition coefficient (Wildman–Crippen LogP) is 0.164. The van der Waals surface area contributed by atoms with Crippen LogP contribution in [0.25, 0.3) is 5.57 Å². The number of carboxylic acid groups (broad SMARTS) is 1. The molecule has 0 amide bonds.